The summed E-state index contributed by atoms with van der Waals surface area (Å²) in [5.74, 6) is -1.03. The van der Waals surface area contributed by atoms with Crippen LogP contribution in [0.3, 0.4) is 0 Å². The van der Waals surface area contributed by atoms with Crippen molar-refractivity contribution in [2.75, 3.05) is 0 Å². The molecule has 0 amide bonds. The minimum Gasteiger partial charge on any atom is -0.478 e. The van der Waals surface area contributed by atoms with Crippen LogP contribution in [0.1, 0.15) is 27.0 Å². The van der Waals surface area contributed by atoms with E-state index >= 15 is 0 Å². The van der Waals surface area contributed by atoms with Crippen LogP contribution in [0.5, 0.6) is 0 Å². The fourth-order valence-corrected chi connectivity index (χ4v) is 2.05. The first-order valence-electron chi connectivity index (χ1n) is 5.98. The molecule has 0 spiro atoms. The van der Waals surface area contributed by atoms with E-state index in [9.17, 15) is 9.59 Å². The third kappa shape index (κ3) is 2.73. The highest BCUT2D eigenvalue weighted by atomic mass is 16.4. The van der Waals surface area contributed by atoms with E-state index in [1.54, 1.807) is 0 Å². The lowest BCUT2D eigenvalue weighted by molar-refractivity contribution is 0.0696. The van der Waals surface area contributed by atoms with Gasteiger partial charge >= 0.3 is 5.97 Å². The molecule has 1 aromatic heterocycles. The van der Waals surface area contributed by atoms with Gasteiger partial charge in [0.25, 0.3) is 5.56 Å². The highest BCUT2D eigenvalue weighted by Crippen LogP contribution is 2.14. The zero-order valence-electron chi connectivity index (χ0n) is 10.9. The Balaban J connectivity index is 2.46. The molecule has 2 rings (SSSR count). The van der Waals surface area contributed by atoms with Crippen LogP contribution in [0.15, 0.2) is 41.3 Å². The second kappa shape index (κ2) is 5.10. The molecule has 0 radical (unpaired) electrons. The van der Waals surface area contributed by atoms with E-state index in [0.717, 1.165) is 16.7 Å². The Morgan fingerprint density at radius 2 is 1.79 bits per heavy atom. The van der Waals surface area contributed by atoms with Gasteiger partial charge in [-0.1, -0.05) is 18.2 Å². The van der Waals surface area contributed by atoms with Crippen molar-refractivity contribution >= 4 is 5.97 Å². The molecule has 2 aromatic rings. The van der Waals surface area contributed by atoms with E-state index in [4.69, 9.17) is 5.11 Å². The van der Waals surface area contributed by atoms with Gasteiger partial charge < -0.3 is 9.67 Å². The minimum absolute atomic E-state index is 0.117. The molecule has 0 aliphatic heterocycles. The second-order valence-corrected chi connectivity index (χ2v) is 4.56. The Morgan fingerprint density at radius 3 is 2.37 bits per heavy atom. The first-order chi connectivity index (χ1) is 8.99. The van der Waals surface area contributed by atoms with E-state index in [0.29, 0.717) is 6.54 Å². The standard InChI is InChI=1S/C15H15NO3/c1-10-4-3-5-11(2)13(10)9-16-8-12(15(18)19)6-7-14(16)17/h3-8H,9H2,1-2H3,(H,18,19). The largest absolute Gasteiger partial charge is 0.478 e. The average Bonchev–Trinajstić information content (AvgIpc) is 2.35. The van der Waals surface area contributed by atoms with Gasteiger partial charge in [0.1, 0.15) is 0 Å². The van der Waals surface area contributed by atoms with Gasteiger partial charge in [0, 0.05) is 12.3 Å². The molecule has 98 valence electrons. The van der Waals surface area contributed by atoms with Crippen molar-refractivity contribution in [1.29, 1.82) is 0 Å². The number of carbonyl (C=O) groups is 1. The summed E-state index contributed by atoms with van der Waals surface area (Å²) in [5.41, 5.74) is 3.14. The first-order valence-corrected chi connectivity index (χ1v) is 5.98. The third-order valence-corrected chi connectivity index (χ3v) is 3.20. The molecule has 1 aromatic carbocycles. The van der Waals surface area contributed by atoms with Crippen LogP contribution in [0, 0.1) is 13.8 Å². The molecular formula is C15H15NO3. The van der Waals surface area contributed by atoms with Crippen molar-refractivity contribution in [3.8, 4) is 0 Å². The maximum absolute atomic E-state index is 11.8. The Kier molecular flexibility index (Phi) is 3.51. The van der Waals surface area contributed by atoms with Crippen molar-refractivity contribution < 1.29 is 9.90 Å². The number of carboxylic acids is 1. The first kappa shape index (κ1) is 13.1. The predicted octanol–water partition coefficient (Wildman–Crippen LogP) is 2.21. The van der Waals surface area contributed by atoms with Gasteiger partial charge in [0.15, 0.2) is 0 Å². The number of pyridine rings is 1. The van der Waals surface area contributed by atoms with E-state index in [2.05, 4.69) is 0 Å². The Bertz CT molecular complexity index is 666. The lowest BCUT2D eigenvalue weighted by atomic mass is 10.0. The van der Waals surface area contributed by atoms with Crippen molar-refractivity contribution in [2.45, 2.75) is 20.4 Å². The lowest BCUT2D eigenvalue weighted by Gasteiger charge is -2.12. The number of hydrogen-bond donors (Lipinski definition) is 1. The summed E-state index contributed by atoms with van der Waals surface area (Å²) in [6.45, 7) is 4.35. The third-order valence-electron chi connectivity index (χ3n) is 3.20. The molecule has 0 aliphatic rings. The van der Waals surface area contributed by atoms with Crippen LogP contribution in [-0.4, -0.2) is 15.6 Å². The number of benzene rings is 1. The van der Waals surface area contributed by atoms with Crippen LogP contribution in [0.25, 0.3) is 0 Å². The number of carboxylic acid groups (broad SMARTS) is 1. The topological polar surface area (TPSA) is 59.3 Å². The molecule has 0 bridgehead atoms. The molecule has 4 heteroatoms. The van der Waals surface area contributed by atoms with Gasteiger partial charge in [-0.05, 0) is 36.6 Å². The number of nitrogens with zero attached hydrogens (tertiary/aromatic N) is 1. The van der Waals surface area contributed by atoms with E-state index in [1.165, 1.54) is 22.9 Å². The summed E-state index contributed by atoms with van der Waals surface area (Å²) in [4.78, 5) is 22.7. The molecule has 4 nitrogen and oxygen atoms in total. The molecule has 0 saturated heterocycles. The SMILES string of the molecule is Cc1cccc(C)c1Cn1cc(C(=O)O)ccc1=O. The fourth-order valence-electron chi connectivity index (χ4n) is 2.05. The summed E-state index contributed by atoms with van der Waals surface area (Å²) in [6.07, 6.45) is 1.39. The Morgan fingerprint density at radius 1 is 1.16 bits per heavy atom. The number of aromatic nitrogens is 1. The molecule has 0 atom stereocenters. The zero-order chi connectivity index (χ0) is 14.0. The van der Waals surface area contributed by atoms with E-state index < -0.39 is 5.97 Å². The highest BCUT2D eigenvalue weighted by Gasteiger charge is 2.08. The molecule has 1 N–H and O–H groups in total. The molecule has 0 fully saturated rings. The van der Waals surface area contributed by atoms with E-state index in [1.807, 2.05) is 32.0 Å². The molecule has 1 heterocycles. The Hall–Kier alpha value is -2.36. The van der Waals surface area contributed by atoms with Gasteiger partial charge in [-0.15, -0.1) is 0 Å². The number of aromatic carboxylic acids is 1. The van der Waals surface area contributed by atoms with Crippen molar-refractivity contribution in [3.05, 3.63) is 69.1 Å². The normalized spacial score (nSPS) is 10.4. The average molecular weight is 257 g/mol. The quantitative estimate of drug-likeness (QED) is 0.917. The van der Waals surface area contributed by atoms with Gasteiger partial charge in [-0.3, -0.25) is 4.79 Å². The Labute approximate surface area is 110 Å². The lowest BCUT2D eigenvalue weighted by Crippen LogP contribution is -2.21. The highest BCUT2D eigenvalue weighted by molar-refractivity contribution is 5.87. The van der Waals surface area contributed by atoms with Crippen LogP contribution in [0.4, 0.5) is 0 Å². The van der Waals surface area contributed by atoms with Crippen LogP contribution in [-0.2, 0) is 6.54 Å². The van der Waals surface area contributed by atoms with Crippen molar-refractivity contribution in [1.82, 2.24) is 4.57 Å². The van der Waals surface area contributed by atoms with Crippen LogP contribution in [0.2, 0.25) is 0 Å². The van der Waals surface area contributed by atoms with Crippen LogP contribution >= 0.6 is 0 Å². The minimum atomic E-state index is -1.03. The van der Waals surface area contributed by atoms with Gasteiger partial charge in [0.05, 0.1) is 12.1 Å². The maximum Gasteiger partial charge on any atom is 0.337 e. The number of hydrogen-bond acceptors (Lipinski definition) is 2. The molecular weight excluding hydrogens is 242 g/mol. The van der Waals surface area contributed by atoms with Crippen molar-refractivity contribution in [3.63, 3.8) is 0 Å². The summed E-state index contributed by atoms with van der Waals surface area (Å²) in [6, 6.07) is 8.54. The summed E-state index contributed by atoms with van der Waals surface area (Å²) in [5, 5.41) is 8.96. The van der Waals surface area contributed by atoms with Gasteiger partial charge in [-0.25, -0.2) is 4.79 Å². The summed E-state index contributed by atoms with van der Waals surface area (Å²) < 4.78 is 1.43. The van der Waals surface area contributed by atoms with Gasteiger partial charge in [0.2, 0.25) is 0 Å². The number of aryl methyl sites for hydroxylation is 2. The summed E-state index contributed by atoms with van der Waals surface area (Å²) >= 11 is 0. The monoisotopic (exact) mass is 257 g/mol. The number of rotatable bonds is 3. The fraction of sp³-hybridized carbons (Fsp3) is 0.200. The summed E-state index contributed by atoms with van der Waals surface area (Å²) in [7, 11) is 0. The van der Waals surface area contributed by atoms with E-state index in [-0.39, 0.29) is 11.1 Å². The molecule has 0 aliphatic carbocycles. The molecule has 0 saturated carbocycles. The van der Waals surface area contributed by atoms with Crippen molar-refractivity contribution in [2.24, 2.45) is 0 Å². The maximum atomic E-state index is 11.8. The molecule has 0 unspecified atom stereocenters. The predicted molar refractivity (Wildman–Crippen MR) is 72.7 cm³/mol. The van der Waals surface area contributed by atoms with Gasteiger partial charge in [-0.2, -0.15) is 0 Å². The second-order valence-electron chi connectivity index (χ2n) is 4.56. The smallest absolute Gasteiger partial charge is 0.337 e. The molecule has 19 heavy (non-hydrogen) atoms. The van der Waals surface area contributed by atoms with Crippen LogP contribution < -0.4 is 5.56 Å². The zero-order valence-corrected chi connectivity index (χ0v) is 10.9.